The molecule has 2 N–H and O–H groups in total. The SMILES string of the molecule is COc1ccc(-c2[nH]nc3nc(-c4ccc(C(C)C)cc4)cc(C(=O)O)c23)cc1. The van der Waals surface area contributed by atoms with Gasteiger partial charge in [-0.3, -0.25) is 5.10 Å². The second-order valence-corrected chi connectivity index (χ2v) is 7.16. The molecular formula is C23H21N3O3. The van der Waals surface area contributed by atoms with Crippen molar-refractivity contribution in [1.29, 1.82) is 0 Å². The molecule has 6 nitrogen and oxygen atoms in total. The summed E-state index contributed by atoms with van der Waals surface area (Å²) < 4.78 is 5.19. The summed E-state index contributed by atoms with van der Waals surface area (Å²) in [6, 6.07) is 17.0. The molecule has 4 rings (SSSR count). The van der Waals surface area contributed by atoms with E-state index in [-0.39, 0.29) is 5.56 Å². The molecule has 0 aliphatic carbocycles. The zero-order valence-corrected chi connectivity index (χ0v) is 16.4. The number of H-pyrrole nitrogens is 1. The number of nitrogens with one attached hydrogen (secondary N) is 1. The van der Waals surface area contributed by atoms with Crippen LogP contribution in [0.1, 0.15) is 35.7 Å². The summed E-state index contributed by atoms with van der Waals surface area (Å²) in [6.07, 6.45) is 0. The number of carboxylic acids is 1. The van der Waals surface area contributed by atoms with Crippen molar-refractivity contribution in [2.45, 2.75) is 19.8 Å². The summed E-state index contributed by atoms with van der Waals surface area (Å²) in [7, 11) is 1.60. The van der Waals surface area contributed by atoms with Crippen molar-refractivity contribution in [3.05, 3.63) is 65.7 Å². The molecule has 0 aliphatic rings. The van der Waals surface area contributed by atoms with Gasteiger partial charge in [-0.05, 0) is 41.8 Å². The predicted octanol–water partition coefficient (Wildman–Crippen LogP) is 5.12. The molecule has 0 saturated carbocycles. The Balaban J connectivity index is 1.85. The zero-order chi connectivity index (χ0) is 20.5. The topological polar surface area (TPSA) is 88.1 Å². The normalized spacial score (nSPS) is 11.2. The van der Waals surface area contributed by atoms with E-state index in [4.69, 9.17) is 4.74 Å². The number of aromatic amines is 1. The minimum absolute atomic E-state index is 0.164. The van der Waals surface area contributed by atoms with Crippen molar-refractivity contribution in [2.24, 2.45) is 0 Å². The second-order valence-electron chi connectivity index (χ2n) is 7.16. The lowest BCUT2D eigenvalue weighted by molar-refractivity contribution is 0.0699. The highest BCUT2D eigenvalue weighted by atomic mass is 16.5. The van der Waals surface area contributed by atoms with Crippen molar-refractivity contribution >= 4 is 17.0 Å². The van der Waals surface area contributed by atoms with Gasteiger partial charge in [-0.25, -0.2) is 9.78 Å². The van der Waals surface area contributed by atoms with Crippen molar-refractivity contribution in [3.8, 4) is 28.3 Å². The van der Waals surface area contributed by atoms with Crippen LogP contribution in [-0.4, -0.2) is 33.4 Å². The van der Waals surface area contributed by atoms with Crippen molar-refractivity contribution in [1.82, 2.24) is 15.2 Å². The molecular weight excluding hydrogens is 366 g/mol. The number of ether oxygens (including phenoxy) is 1. The Bertz CT molecular complexity index is 1180. The molecule has 2 aromatic heterocycles. The molecule has 2 heterocycles. The Morgan fingerprint density at radius 3 is 2.28 bits per heavy atom. The summed E-state index contributed by atoms with van der Waals surface area (Å²) in [6.45, 7) is 4.26. The molecule has 4 aromatic rings. The highest BCUT2D eigenvalue weighted by Gasteiger charge is 2.20. The van der Waals surface area contributed by atoms with Gasteiger partial charge in [0.25, 0.3) is 0 Å². The van der Waals surface area contributed by atoms with Gasteiger partial charge < -0.3 is 9.84 Å². The Morgan fingerprint density at radius 1 is 1.03 bits per heavy atom. The zero-order valence-electron chi connectivity index (χ0n) is 16.4. The molecule has 0 saturated heterocycles. The number of hydrogen-bond acceptors (Lipinski definition) is 4. The summed E-state index contributed by atoms with van der Waals surface area (Å²) in [5.74, 6) is 0.127. The van der Waals surface area contributed by atoms with E-state index >= 15 is 0 Å². The van der Waals surface area contributed by atoms with Gasteiger partial charge in [0.05, 0.1) is 29.4 Å². The molecule has 29 heavy (non-hydrogen) atoms. The molecule has 146 valence electrons. The van der Waals surface area contributed by atoms with Crippen LogP contribution in [0, 0.1) is 0 Å². The third kappa shape index (κ3) is 3.45. The van der Waals surface area contributed by atoms with E-state index in [1.807, 2.05) is 48.5 Å². The number of fused-ring (bicyclic) bond motifs is 1. The first-order valence-electron chi connectivity index (χ1n) is 9.35. The van der Waals surface area contributed by atoms with Crippen molar-refractivity contribution < 1.29 is 14.6 Å². The molecule has 0 atom stereocenters. The lowest BCUT2D eigenvalue weighted by Gasteiger charge is -2.08. The Morgan fingerprint density at radius 2 is 1.69 bits per heavy atom. The molecule has 0 bridgehead atoms. The monoisotopic (exact) mass is 387 g/mol. The van der Waals surface area contributed by atoms with Gasteiger partial charge in [-0.1, -0.05) is 38.1 Å². The molecule has 0 fully saturated rings. The first-order chi connectivity index (χ1) is 14.0. The average Bonchev–Trinajstić information content (AvgIpc) is 3.17. The fraction of sp³-hybridized carbons (Fsp3) is 0.174. The minimum Gasteiger partial charge on any atom is -0.497 e. The molecule has 0 spiro atoms. The number of pyridine rings is 1. The van der Waals surface area contributed by atoms with Gasteiger partial charge in [0.2, 0.25) is 0 Å². The Hall–Kier alpha value is -3.67. The van der Waals surface area contributed by atoms with Crippen LogP contribution in [0.3, 0.4) is 0 Å². The number of aromatic carboxylic acids is 1. The van der Waals surface area contributed by atoms with Gasteiger partial charge in [0.15, 0.2) is 5.65 Å². The third-order valence-corrected chi connectivity index (χ3v) is 5.01. The van der Waals surface area contributed by atoms with Crippen LogP contribution in [-0.2, 0) is 0 Å². The highest BCUT2D eigenvalue weighted by Crippen LogP contribution is 2.32. The lowest BCUT2D eigenvalue weighted by Crippen LogP contribution is -2.00. The standard InChI is InChI=1S/C23H21N3O3/c1-13(2)14-4-6-15(7-5-14)19-12-18(23(27)28)20-21(25-26-22(20)24-19)16-8-10-17(29-3)11-9-16/h4-13H,1-3H3,(H,27,28)(H,24,25,26). The van der Waals surface area contributed by atoms with Gasteiger partial charge in [0.1, 0.15) is 5.75 Å². The first-order valence-corrected chi connectivity index (χ1v) is 9.35. The van der Waals surface area contributed by atoms with Crippen LogP contribution < -0.4 is 4.74 Å². The number of carboxylic acid groups (broad SMARTS) is 1. The molecule has 0 unspecified atom stereocenters. The van der Waals surface area contributed by atoms with E-state index in [1.54, 1.807) is 13.2 Å². The van der Waals surface area contributed by atoms with Crippen LogP contribution in [0.2, 0.25) is 0 Å². The van der Waals surface area contributed by atoms with Crippen molar-refractivity contribution in [3.63, 3.8) is 0 Å². The van der Waals surface area contributed by atoms with Crippen LogP contribution in [0.15, 0.2) is 54.6 Å². The summed E-state index contributed by atoms with van der Waals surface area (Å²) in [5, 5.41) is 17.6. The number of hydrogen-bond donors (Lipinski definition) is 2. The summed E-state index contributed by atoms with van der Waals surface area (Å²) in [4.78, 5) is 16.6. The first kappa shape index (κ1) is 18.7. The molecule has 0 radical (unpaired) electrons. The van der Waals surface area contributed by atoms with E-state index in [9.17, 15) is 9.90 Å². The fourth-order valence-electron chi connectivity index (χ4n) is 3.35. The van der Waals surface area contributed by atoms with E-state index in [2.05, 4.69) is 29.0 Å². The Labute approximate surface area is 168 Å². The minimum atomic E-state index is -1.02. The van der Waals surface area contributed by atoms with E-state index in [1.165, 1.54) is 5.56 Å². The van der Waals surface area contributed by atoms with Crippen LogP contribution >= 0.6 is 0 Å². The Kier molecular flexibility index (Phi) is 4.76. The number of aromatic nitrogens is 3. The maximum Gasteiger partial charge on any atom is 0.336 e. The quantitative estimate of drug-likeness (QED) is 0.496. The van der Waals surface area contributed by atoms with Gasteiger partial charge >= 0.3 is 5.97 Å². The number of methoxy groups -OCH3 is 1. The van der Waals surface area contributed by atoms with Crippen LogP contribution in [0.5, 0.6) is 5.75 Å². The summed E-state index contributed by atoms with van der Waals surface area (Å²) >= 11 is 0. The van der Waals surface area contributed by atoms with E-state index in [0.717, 1.165) is 16.9 Å². The lowest BCUT2D eigenvalue weighted by atomic mass is 9.99. The van der Waals surface area contributed by atoms with Crippen LogP contribution in [0.4, 0.5) is 0 Å². The molecule has 6 heteroatoms. The average molecular weight is 387 g/mol. The van der Waals surface area contributed by atoms with E-state index in [0.29, 0.717) is 28.3 Å². The third-order valence-electron chi connectivity index (χ3n) is 5.01. The molecule has 0 amide bonds. The van der Waals surface area contributed by atoms with Gasteiger partial charge in [-0.2, -0.15) is 5.10 Å². The highest BCUT2D eigenvalue weighted by molar-refractivity contribution is 6.08. The van der Waals surface area contributed by atoms with E-state index < -0.39 is 5.97 Å². The van der Waals surface area contributed by atoms with Crippen molar-refractivity contribution in [2.75, 3.05) is 7.11 Å². The number of rotatable bonds is 5. The molecule has 2 aromatic carbocycles. The predicted molar refractivity (Wildman–Crippen MR) is 112 cm³/mol. The largest absolute Gasteiger partial charge is 0.497 e. The van der Waals surface area contributed by atoms with Gasteiger partial charge in [0, 0.05) is 11.1 Å². The smallest absolute Gasteiger partial charge is 0.336 e. The maximum atomic E-state index is 12.0. The fourth-order valence-corrected chi connectivity index (χ4v) is 3.35. The number of benzene rings is 2. The maximum absolute atomic E-state index is 12.0. The second kappa shape index (κ2) is 7.39. The number of nitrogens with zero attached hydrogens (tertiary/aromatic N) is 2. The van der Waals surface area contributed by atoms with Crippen LogP contribution in [0.25, 0.3) is 33.5 Å². The molecule has 0 aliphatic heterocycles. The number of carbonyl (C=O) groups is 1. The van der Waals surface area contributed by atoms with Gasteiger partial charge in [-0.15, -0.1) is 0 Å². The summed E-state index contributed by atoms with van der Waals surface area (Å²) in [5.41, 5.74) is 4.62.